The second kappa shape index (κ2) is 15.7. The first-order chi connectivity index (χ1) is 28.3. The minimum absolute atomic E-state index is 0.0102. The fourth-order valence-electron chi connectivity index (χ4n) is 7.76. The highest BCUT2D eigenvalue weighted by Crippen LogP contribution is 2.33. The topological polar surface area (TPSA) is 176 Å². The number of halogens is 2. The Kier molecular flexibility index (Phi) is 10.4. The normalized spacial score (nSPS) is 15.2. The second-order valence-electron chi connectivity index (χ2n) is 14.7. The number of nitrogens with zero attached hydrogens (tertiary/aromatic N) is 6. The molecule has 4 aromatic carbocycles. The molecule has 4 N–H and O–H groups in total. The van der Waals surface area contributed by atoms with Gasteiger partial charge in [-0.1, -0.05) is 48.5 Å². The lowest BCUT2D eigenvalue weighted by molar-refractivity contribution is -0.130. The number of hydrogen-bond acceptors (Lipinski definition) is 9. The van der Waals surface area contributed by atoms with Crippen LogP contribution < -0.4 is 11.5 Å². The molecule has 0 saturated carbocycles. The Morgan fingerprint density at radius 1 is 0.610 bits per heavy atom. The molecule has 3 amide bonds. The molecule has 0 bridgehead atoms. The third kappa shape index (κ3) is 7.76. The number of sulfonamides is 1. The number of pyridine rings is 2. The molecule has 4 heterocycles. The van der Waals surface area contributed by atoms with Crippen LogP contribution >= 0.6 is 0 Å². The average molecular weight is 819 g/mol. The van der Waals surface area contributed by atoms with Crippen molar-refractivity contribution in [2.24, 2.45) is 0 Å². The number of anilines is 2. The summed E-state index contributed by atoms with van der Waals surface area (Å²) in [5, 5.41) is 2.20. The highest BCUT2D eigenvalue weighted by atomic mass is 32.2. The van der Waals surface area contributed by atoms with E-state index in [4.69, 9.17) is 11.5 Å². The quantitative estimate of drug-likeness (QED) is 0.221. The van der Waals surface area contributed by atoms with Crippen LogP contribution in [0.5, 0.6) is 0 Å². The molecule has 0 atom stereocenters. The molecule has 2 aliphatic rings. The molecule has 0 unspecified atom stereocenters. The Hall–Kier alpha value is -6.52. The van der Waals surface area contributed by atoms with E-state index in [2.05, 4.69) is 9.97 Å². The van der Waals surface area contributed by atoms with Gasteiger partial charge in [0.05, 0.1) is 16.9 Å². The van der Waals surface area contributed by atoms with Crippen molar-refractivity contribution >= 4 is 60.9 Å². The zero-order valence-corrected chi connectivity index (χ0v) is 32.9. The summed E-state index contributed by atoms with van der Waals surface area (Å²) in [6.07, 6.45) is 2.84. The number of amides is 3. The molecule has 0 radical (unpaired) electrons. The van der Waals surface area contributed by atoms with Crippen LogP contribution in [0.25, 0.3) is 43.8 Å². The molecule has 0 aliphatic carbocycles. The second-order valence-corrected chi connectivity index (χ2v) is 16.7. The van der Waals surface area contributed by atoms with Crippen LogP contribution in [0.3, 0.4) is 0 Å². The van der Waals surface area contributed by atoms with Gasteiger partial charge in [0.15, 0.2) is 0 Å². The van der Waals surface area contributed by atoms with Gasteiger partial charge >= 0.3 is 0 Å². The van der Waals surface area contributed by atoms with Gasteiger partial charge < -0.3 is 26.2 Å². The zero-order valence-electron chi connectivity index (χ0n) is 32.1. The summed E-state index contributed by atoms with van der Waals surface area (Å²) in [7, 11) is -3.97. The van der Waals surface area contributed by atoms with Crippen LogP contribution in [-0.2, 0) is 20.6 Å². The van der Waals surface area contributed by atoms with Gasteiger partial charge in [-0.2, -0.15) is 4.31 Å². The molecule has 2 aliphatic heterocycles. The fraction of sp³-hybridized carbons (Fsp3) is 0.233. The molecule has 8 rings (SSSR count). The van der Waals surface area contributed by atoms with Crippen LogP contribution in [-0.4, -0.2) is 107 Å². The van der Waals surface area contributed by atoms with Crippen LogP contribution in [0.1, 0.15) is 33.2 Å². The summed E-state index contributed by atoms with van der Waals surface area (Å²) in [4.78, 5) is 52.4. The maximum absolute atomic E-state index is 15.7. The van der Waals surface area contributed by atoms with Crippen LogP contribution in [0, 0.1) is 11.6 Å². The number of hydrogen-bond donors (Lipinski definition) is 2. The number of nitrogens with two attached hydrogens (primary N) is 2. The number of nitrogen functional groups attached to an aromatic ring is 2. The standard InChI is InChI=1S/C43H40F2N8O5S/c1-26(54)50-11-13-51(14-12-50)42(55)37-23-48-41(47)36-21-29(8-10-34(36)37)30-5-6-31(39(45)22-30)25-59(57,58)53-17-15-52(16-18-53)43(56)38-24-49-40(46)35-20-28(7-9-33(35)38)27-3-2-4-32(44)19-27/h2-10,19-24H,11-18,25H2,1H3,(H2,46,49)(H2,47,48). The Bertz CT molecular complexity index is 2790. The Balaban J connectivity index is 0.935. The smallest absolute Gasteiger partial charge is 0.256 e. The van der Waals surface area contributed by atoms with E-state index in [1.165, 1.54) is 47.9 Å². The van der Waals surface area contributed by atoms with Crippen molar-refractivity contribution in [2.45, 2.75) is 12.7 Å². The maximum atomic E-state index is 15.7. The van der Waals surface area contributed by atoms with Crippen LogP contribution in [0.15, 0.2) is 91.3 Å². The van der Waals surface area contributed by atoms with Gasteiger partial charge in [-0.3, -0.25) is 14.4 Å². The molecule has 59 heavy (non-hydrogen) atoms. The van der Waals surface area contributed by atoms with E-state index < -0.39 is 21.6 Å². The maximum Gasteiger partial charge on any atom is 0.256 e. The zero-order chi connectivity index (χ0) is 41.6. The molecule has 2 saturated heterocycles. The van der Waals surface area contributed by atoms with Gasteiger partial charge in [-0.05, 0) is 63.4 Å². The number of benzene rings is 4. The van der Waals surface area contributed by atoms with E-state index >= 15 is 4.39 Å². The molecular formula is C43H40F2N8O5S. The predicted octanol–water partition coefficient (Wildman–Crippen LogP) is 5.15. The first kappa shape index (κ1) is 39.3. The number of rotatable bonds is 7. The number of carbonyl (C=O) groups excluding carboxylic acids is 3. The molecular weight excluding hydrogens is 779 g/mol. The first-order valence-corrected chi connectivity index (χ1v) is 20.6. The average Bonchev–Trinajstić information content (AvgIpc) is 3.24. The van der Waals surface area contributed by atoms with Gasteiger partial charge in [0, 0.05) is 88.0 Å². The molecule has 2 fully saturated rings. The van der Waals surface area contributed by atoms with Crippen LogP contribution in [0.4, 0.5) is 20.4 Å². The SMILES string of the molecule is CC(=O)N1CCN(C(=O)c2cnc(N)c3cc(-c4ccc(CS(=O)(=O)N5CCN(C(=O)c6cnc(N)c7cc(-c8cccc(F)c8)ccc67)CC5)c(F)c4)ccc23)CC1. The van der Waals surface area contributed by atoms with Crippen molar-refractivity contribution in [3.63, 3.8) is 0 Å². The Morgan fingerprint density at radius 2 is 1.08 bits per heavy atom. The summed E-state index contributed by atoms with van der Waals surface area (Å²) in [6.45, 7) is 3.42. The van der Waals surface area contributed by atoms with Crippen molar-refractivity contribution in [3.8, 4) is 22.3 Å². The Labute approximate surface area is 338 Å². The number of piperazine rings is 2. The van der Waals surface area contributed by atoms with E-state index in [9.17, 15) is 27.2 Å². The largest absolute Gasteiger partial charge is 0.383 e. The van der Waals surface area contributed by atoms with E-state index in [-0.39, 0.29) is 66.9 Å². The third-order valence-corrected chi connectivity index (χ3v) is 12.9. The van der Waals surface area contributed by atoms with Crippen molar-refractivity contribution < 1.29 is 31.6 Å². The van der Waals surface area contributed by atoms with Crippen LogP contribution in [0.2, 0.25) is 0 Å². The molecule has 0 spiro atoms. The summed E-state index contributed by atoms with van der Waals surface area (Å²) < 4.78 is 57.9. The minimum atomic E-state index is -3.97. The molecule has 2 aromatic heterocycles. The van der Waals surface area contributed by atoms with E-state index in [0.29, 0.717) is 81.1 Å². The lowest BCUT2D eigenvalue weighted by atomic mass is 9.98. The fourth-order valence-corrected chi connectivity index (χ4v) is 9.29. The van der Waals surface area contributed by atoms with Gasteiger partial charge in [-0.25, -0.2) is 27.2 Å². The van der Waals surface area contributed by atoms with Crippen molar-refractivity contribution in [3.05, 3.63) is 120 Å². The number of aromatic nitrogens is 2. The van der Waals surface area contributed by atoms with Gasteiger partial charge in [0.1, 0.15) is 23.3 Å². The first-order valence-electron chi connectivity index (χ1n) is 19.0. The lowest BCUT2D eigenvalue weighted by Gasteiger charge is -2.34. The van der Waals surface area contributed by atoms with Crippen molar-refractivity contribution in [1.82, 2.24) is 29.0 Å². The summed E-state index contributed by atoms with van der Waals surface area (Å²) in [5.74, 6) is -1.86. The summed E-state index contributed by atoms with van der Waals surface area (Å²) in [6, 6.07) is 21.0. The van der Waals surface area contributed by atoms with Gasteiger partial charge in [0.2, 0.25) is 15.9 Å². The predicted molar refractivity (Wildman–Crippen MR) is 221 cm³/mol. The minimum Gasteiger partial charge on any atom is -0.383 e. The summed E-state index contributed by atoms with van der Waals surface area (Å²) >= 11 is 0. The number of fused-ring (bicyclic) bond motifs is 2. The monoisotopic (exact) mass is 818 g/mol. The molecule has 6 aromatic rings. The Morgan fingerprint density at radius 3 is 1.59 bits per heavy atom. The van der Waals surface area contributed by atoms with Crippen molar-refractivity contribution in [1.29, 1.82) is 0 Å². The van der Waals surface area contributed by atoms with Gasteiger partial charge in [-0.15, -0.1) is 0 Å². The highest BCUT2D eigenvalue weighted by Gasteiger charge is 2.31. The van der Waals surface area contributed by atoms with E-state index in [0.717, 1.165) is 0 Å². The molecule has 16 heteroatoms. The summed E-state index contributed by atoms with van der Waals surface area (Å²) in [5.41, 5.74) is 15.5. The molecule has 13 nitrogen and oxygen atoms in total. The highest BCUT2D eigenvalue weighted by molar-refractivity contribution is 7.88. The van der Waals surface area contributed by atoms with E-state index in [1.54, 1.807) is 69.3 Å². The van der Waals surface area contributed by atoms with Gasteiger partial charge in [0.25, 0.3) is 11.8 Å². The molecule has 302 valence electrons. The van der Waals surface area contributed by atoms with E-state index in [1.807, 2.05) is 0 Å². The third-order valence-electron chi connectivity index (χ3n) is 11.1. The number of carbonyl (C=O) groups is 3. The lowest BCUT2D eigenvalue weighted by Crippen LogP contribution is -2.50. The van der Waals surface area contributed by atoms with Crippen molar-refractivity contribution in [2.75, 3.05) is 63.8 Å².